The van der Waals surface area contributed by atoms with E-state index in [0.717, 1.165) is 5.65 Å². The second-order valence-corrected chi connectivity index (χ2v) is 3.05. The van der Waals surface area contributed by atoms with Gasteiger partial charge in [-0.25, -0.2) is 15.0 Å². The zero-order valence-corrected chi connectivity index (χ0v) is 8.15. The van der Waals surface area contributed by atoms with Crippen LogP contribution < -0.4 is 11.1 Å². The first kappa shape index (κ1) is 8.89. The van der Waals surface area contributed by atoms with Crippen LogP contribution in [-0.4, -0.2) is 26.6 Å². The van der Waals surface area contributed by atoms with Gasteiger partial charge in [0.15, 0.2) is 11.5 Å². The van der Waals surface area contributed by atoms with Gasteiger partial charge in [0.05, 0.1) is 13.0 Å². The zero-order chi connectivity index (χ0) is 10.1. The third-order valence-electron chi connectivity index (χ3n) is 1.93. The van der Waals surface area contributed by atoms with Crippen molar-refractivity contribution in [1.82, 2.24) is 24.8 Å². The van der Waals surface area contributed by atoms with Crippen molar-refractivity contribution in [3.05, 3.63) is 12.2 Å². The molecular weight excluding hydrogens is 180 g/mol. The summed E-state index contributed by atoms with van der Waals surface area (Å²) in [4.78, 5) is 12.5. The van der Waals surface area contributed by atoms with Crippen molar-refractivity contribution in [2.24, 2.45) is 0 Å². The number of hydrogen-bond donors (Lipinski definition) is 2. The lowest BCUT2D eigenvalue weighted by atomic mass is 10.5. The van der Waals surface area contributed by atoms with Gasteiger partial charge in [0, 0.05) is 0 Å². The quantitative estimate of drug-likeness (QED) is 0.694. The number of fused-ring (bicyclic) bond motifs is 1. The van der Waals surface area contributed by atoms with Crippen molar-refractivity contribution < 1.29 is 0 Å². The SMILES string of the molecule is CNCn1cnc2c(N)nc(C)nc21. The molecule has 0 aliphatic rings. The summed E-state index contributed by atoms with van der Waals surface area (Å²) < 4.78 is 1.89. The highest BCUT2D eigenvalue weighted by molar-refractivity contribution is 5.81. The van der Waals surface area contributed by atoms with Crippen molar-refractivity contribution in [3.8, 4) is 0 Å². The largest absolute Gasteiger partial charge is 0.382 e. The molecule has 2 aromatic heterocycles. The number of rotatable bonds is 2. The number of anilines is 1. The molecule has 0 amide bonds. The van der Waals surface area contributed by atoms with Gasteiger partial charge in [-0.3, -0.25) is 0 Å². The van der Waals surface area contributed by atoms with Gasteiger partial charge in [-0.2, -0.15) is 0 Å². The predicted octanol–water partition coefficient (Wildman–Crippen LogP) is -0.106. The molecule has 0 saturated carbocycles. The van der Waals surface area contributed by atoms with Crippen LogP contribution in [0.4, 0.5) is 5.82 Å². The molecule has 0 fully saturated rings. The minimum absolute atomic E-state index is 0.433. The molecule has 0 radical (unpaired) electrons. The van der Waals surface area contributed by atoms with Crippen LogP contribution in [0.1, 0.15) is 5.82 Å². The Labute approximate surface area is 81.2 Å². The molecule has 0 atom stereocenters. The van der Waals surface area contributed by atoms with Crippen LogP contribution in [0.2, 0.25) is 0 Å². The maximum Gasteiger partial charge on any atom is 0.166 e. The van der Waals surface area contributed by atoms with Crippen LogP contribution in [0, 0.1) is 6.92 Å². The number of aromatic nitrogens is 4. The summed E-state index contributed by atoms with van der Waals surface area (Å²) in [6.07, 6.45) is 1.70. The molecule has 6 heteroatoms. The molecule has 0 aromatic carbocycles. The Kier molecular flexibility index (Phi) is 2.05. The molecule has 74 valence electrons. The standard InChI is InChI=1S/C8H12N6/c1-5-12-7(9)6-8(13-5)14(3-10-2)4-11-6/h4,10H,3H2,1-2H3,(H2,9,12,13). The number of nitrogens with two attached hydrogens (primary N) is 1. The first-order chi connectivity index (χ1) is 6.72. The molecule has 0 saturated heterocycles. The van der Waals surface area contributed by atoms with E-state index >= 15 is 0 Å². The maximum absolute atomic E-state index is 5.72. The van der Waals surface area contributed by atoms with Crippen molar-refractivity contribution in [3.63, 3.8) is 0 Å². The highest BCUT2D eigenvalue weighted by Crippen LogP contribution is 2.14. The Hall–Kier alpha value is -1.69. The summed E-state index contributed by atoms with van der Waals surface area (Å²) >= 11 is 0. The lowest BCUT2D eigenvalue weighted by Gasteiger charge is -2.02. The van der Waals surface area contributed by atoms with Crippen LogP contribution in [0.15, 0.2) is 6.33 Å². The molecule has 6 nitrogen and oxygen atoms in total. The summed E-state index contributed by atoms with van der Waals surface area (Å²) in [5.74, 6) is 1.09. The van der Waals surface area contributed by atoms with Crippen molar-refractivity contribution >= 4 is 17.0 Å². The average molecular weight is 192 g/mol. The lowest BCUT2D eigenvalue weighted by molar-refractivity contribution is 0.628. The summed E-state index contributed by atoms with van der Waals surface area (Å²) in [5.41, 5.74) is 7.15. The molecule has 0 unspecified atom stereocenters. The average Bonchev–Trinajstić information content (AvgIpc) is 2.49. The lowest BCUT2D eigenvalue weighted by Crippen LogP contribution is -2.12. The van der Waals surface area contributed by atoms with E-state index in [0.29, 0.717) is 23.8 Å². The number of hydrogen-bond acceptors (Lipinski definition) is 5. The molecule has 3 N–H and O–H groups in total. The van der Waals surface area contributed by atoms with Gasteiger partial charge in [0.25, 0.3) is 0 Å². The maximum atomic E-state index is 5.72. The molecule has 0 spiro atoms. The van der Waals surface area contributed by atoms with Crippen LogP contribution >= 0.6 is 0 Å². The Morgan fingerprint density at radius 3 is 3.00 bits per heavy atom. The molecule has 0 bridgehead atoms. The number of aryl methyl sites for hydroxylation is 1. The summed E-state index contributed by atoms with van der Waals surface area (Å²) in [6.45, 7) is 2.47. The summed E-state index contributed by atoms with van der Waals surface area (Å²) in [7, 11) is 1.86. The number of nitrogens with zero attached hydrogens (tertiary/aromatic N) is 4. The molecule has 2 aromatic rings. The van der Waals surface area contributed by atoms with Gasteiger partial charge in [-0.05, 0) is 14.0 Å². The molecule has 14 heavy (non-hydrogen) atoms. The third kappa shape index (κ3) is 1.29. The van der Waals surface area contributed by atoms with Gasteiger partial charge in [0.2, 0.25) is 0 Å². The zero-order valence-electron chi connectivity index (χ0n) is 8.15. The molecular formula is C8H12N6. The van der Waals surface area contributed by atoms with E-state index in [4.69, 9.17) is 5.73 Å². The highest BCUT2D eigenvalue weighted by atomic mass is 15.2. The van der Waals surface area contributed by atoms with Crippen LogP contribution in [-0.2, 0) is 6.67 Å². The van der Waals surface area contributed by atoms with Crippen LogP contribution in [0.3, 0.4) is 0 Å². The minimum atomic E-state index is 0.433. The van der Waals surface area contributed by atoms with Gasteiger partial charge in [0.1, 0.15) is 11.3 Å². The predicted molar refractivity (Wildman–Crippen MR) is 53.5 cm³/mol. The fourth-order valence-corrected chi connectivity index (χ4v) is 1.37. The Balaban J connectivity index is 2.66. The van der Waals surface area contributed by atoms with E-state index in [1.165, 1.54) is 0 Å². The summed E-state index contributed by atoms with van der Waals surface area (Å²) in [6, 6.07) is 0. The number of nitrogens with one attached hydrogen (secondary N) is 1. The highest BCUT2D eigenvalue weighted by Gasteiger charge is 2.08. The van der Waals surface area contributed by atoms with Gasteiger partial charge >= 0.3 is 0 Å². The third-order valence-corrected chi connectivity index (χ3v) is 1.93. The van der Waals surface area contributed by atoms with Crippen LogP contribution in [0.25, 0.3) is 11.2 Å². The fraction of sp³-hybridized carbons (Fsp3) is 0.375. The Morgan fingerprint density at radius 2 is 2.29 bits per heavy atom. The van der Waals surface area contributed by atoms with Gasteiger partial charge < -0.3 is 15.6 Å². The van der Waals surface area contributed by atoms with Crippen LogP contribution in [0.5, 0.6) is 0 Å². The van der Waals surface area contributed by atoms with E-state index in [2.05, 4.69) is 20.3 Å². The Bertz CT molecular complexity index is 460. The normalized spacial score (nSPS) is 11.0. The van der Waals surface area contributed by atoms with Crippen molar-refractivity contribution in [2.45, 2.75) is 13.6 Å². The second kappa shape index (κ2) is 3.22. The molecule has 2 rings (SSSR count). The first-order valence-electron chi connectivity index (χ1n) is 4.32. The smallest absolute Gasteiger partial charge is 0.166 e. The number of imidazole rings is 1. The monoisotopic (exact) mass is 192 g/mol. The summed E-state index contributed by atoms with van der Waals surface area (Å²) in [5, 5.41) is 3.02. The van der Waals surface area contributed by atoms with Crippen molar-refractivity contribution in [2.75, 3.05) is 12.8 Å². The first-order valence-corrected chi connectivity index (χ1v) is 4.32. The van der Waals surface area contributed by atoms with E-state index < -0.39 is 0 Å². The molecule has 2 heterocycles. The minimum Gasteiger partial charge on any atom is -0.382 e. The van der Waals surface area contributed by atoms with E-state index in [-0.39, 0.29) is 0 Å². The van der Waals surface area contributed by atoms with Crippen molar-refractivity contribution in [1.29, 1.82) is 0 Å². The second-order valence-electron chi connectivity index (χ2n) is 3.05. The topological polar surface area (TPSA) is 81.7 Å². The molecule has 0 aliphatic carbocycles. The van der Waals surface area contributed by atoms with Gasteiger partial charge in [-0.1, -0.05) is 0 Å². The van der Waals surface area contributed by atoms with E-state index in [1.807, 2.05) is 18.5 Å². The fourth-order valence-electron chi connectivity index (χ4n) is 1.37. The number of nitrogen functional groups attached to an aromatic ring is 1. The van der Waals surface area contributed by atoms with E-state index in [1.54, 1.807) is 6.33 Å². The molecule has 0 aliphatic heterocycles. The Morgan fingerprint density at radius 1 is 1.50 bits per heavy atom. The van der Waals surface area contributed by atoms with E-state index in [9.17, 15) is 0 Å². The van der Waals surface area contributed by atoms with Gasteiger partial charge in [-0.15, -0.1) is 0 Å².